The Balaban J connectivity index is 2.49. The summed E-state index contributed by atoms with van der Waals surface area (Å²) in [5.41, 5.74) is 0.165. The largest absolute Gasteiger partial charge is 0.481 e. The molecule has 1 atom stereocenters. The van der Waals surface area contributed by atoms with Gasteiger partial charge < -0.3 is 14.9 Å². The molecule has 1 heterocycles. The molecule has 0 radical (unpaired) electrons. The predicted molar refractivity (Wildman–Crippen MR) is 55.0 cm³/mol. The Labute approximate surface area is 92.6 Å². The van der Waals surface area contributed by atoms with Crippen LogP contribution in [0.4, 0.5) is 0 Å². The highest BCUT2D eigenvalue weighted by Gasteiger charge is 2.17. The molecule has 88 valence electrons. The van der Waals surface area contributed by atoms with Crippen LogP contribution in [0.2, 0.25) is 0 Å². The van der Waals surface area contributed by atoms with Crippen molar-refractivity contribution in [3.05, 3.63) is 17.5 Å². The van der Waals surface area contributed by atoms with Crippen LogP contribution in [-0.2, 0) is 4.79 Å². The third kappa shape index (κ3) is 3.08. The molecule has 1 amide bonds. The van der Waals surface area contributed by atoms with Gasteiger partial charge in [0.05, 0.1) is 5.92 Å². The number of amides is 1. The summed E-state index contributed by atoms with van der Waals surface area (Å²) in [5, 5.41) is 14.8. The Morgan fingerprint density at radius 1 is 1.62 bits per heavy atom. The van der Waals surface area contributed by atoms with E-state index in [1.807, 2.05) is 0 Å². The highest BCUT2D eigenvalue weighted by molar-refractivity contribution is 5.92. The van der Waals surface area contributed by atoms with Crippen LogP contribution in [0.15, 0.2) is 10.6 Å². The summed E-state index contributed by atoms with van der Waals surface area (Å²) in [6.45, 7) is 3.53. The molecule has 16 heavy (non-hydrogen) atoms. The zero-order valence-electron chi connectivity index (χ0n) is 9.19. The summed E-state index contributed by atoms with van der Waals surface area (Å²) in [6, 6.07) is 1.50. The fourth-order valence-corrected chi connectivity index (χ4v) is 1.19. The van der Waals surface area contributed by atoms with Gasteiger partial charge >= 0.3 is 5.97 Å². The first-order valence-corrected chi connectivity index (χ1v) is 4.99. The number of carbonyl (C=O) groups excluding carboxylic acids is 1. The topological polar surface area (TPSA) is 92.4 Å². The maximum absolute atomic E-state index is 11.5. The fraction of sp³-hybridized carbons (Fsp3) is 0.500. The predicted octanol–water partition coefficient (Wildman–Crippen LogP) is 0.824. The summed E-state index contributed by atoms with van der Waals surface area (Å²) in [6.07, 6.45) is 0.466. The summed E-state index contributed by atoms with van der Waals surface area (Å²) in [5.74, 6) is -1.37. The van der Waals surface area contributed by atoms with Crippen LogP contribution in [0, 0.1) is 12.8 Å². The molecule has 0 aliphatic carbocycles. The molecule has 0 fully saturated rings. The SMILES string of the molecule is CCC(CNC(=O)c1cc(C)on1)C(=O)O. The maximum Gasteiger partial charge on any atom is 0.308 e. The lowest BCUT2D eigenvalue weighted by molar-refractivity contribution is -0.141. The summed E-state index contributed by atoms with van der Waals surface area (Å²) >= 11 is 0. The van der Waals surface area contributed by atoms with Crippen molar-refractivity contribution in [1.82, 2.24) is 10.5 Å². The van der Waals surface area contributed by atoms with Gasteiger partial charge in [-0.05, 0) is 13.3 Å². The summed E-state index contributed by atoms with van der Waals surface area (Å²) in [7, 11) is 0. The first-order chi connectivity index (χ1) is 7.54. The maximum atomic E-state index is 11.5. The Bertz CT molecular complexity index is 386. The normalized spacial score (nSPS) is 12.1. The highest BCUT2D eigenvalue weighted by atomic mass is 16.5. The molecule has 0 aliphatic rings. The van der Waals surface area contributed by atoms with Crippen molar-refractivity contribution in [2.75, 3.05) is 6.54 Å². The van der Waals surface area contributed by atoms with Gasteiger partial charge in [0.2, 0.25) is 0 Å². The van der Waals surface area contributed by atoms with E-state index in [2.05, 4.69) is 10.5 Å². The molecule has 1 rings (SSSR count). The first kappa shape index (κ1) is 12.2. The molecule has 0 saturated heterocycles. The molecule has 1 aromatic rings. The zero-order valence-corrected chi connectivity index (χ0v) is 9.19. The smallest absolute Gasteiger partial charge is 0.308 e. The molecule has 0 saturated carbocycles. The van der Waals surface area contributed by atoms with Crippen LogP contribution in [0.1, 0.15) is 29.6 Å². The van der Waals surface area contributed by atoms with E-state index in [1.165, 1.54) is 6.07 Å². The van der Waals surface area contributed by atoms with Crippen molar-refractivity contribution in [3.8, 4) is 0 Å². The molecule has 6 nitrogen and oxygen atoms in total. The highest BCUT2D eigenvalue weighted by Crippen LogP contribution is 2.03. The van der Waals surface area contributed by atoms with Crippen LogP contribution in [0.5, 0.6) is 0 Å². The third-order valence-corrected chi connectivity index (χ3v) is 2.21. The van der Waals surface area contributed by atoms with Gasteiger partial charge in [-0.25, -0.2) is 0 Å². The fourth-order valence-electron chi connectivity index (χ4n) is 1.19. The summed E-state index contributed by atoms with van der Waals surface area (Å²) < 4.78 is 4.74. The molecular formula is C10H14N2O4. The second kappa shape index (κ2) is 5.29. The van der Waals surface area contributed by atoms with Gasteiger partial charge in [-0.1, -0.05) is 12.1 Å². The minimum absolute atomic E-state index is 0.0938. The van der Waals surface area contributed by atoms with Gasteiger partial charge in [-0.3, -0.25) is 9.59 Å². The minimum atomic E-state index is -0.917. The van der Waals surface area contributed by atoms with Crippen molar-refractivity contribution < 1.29 is 19.2 Å². The van der Waals surface area contributed by atoms with Gasteiger partial charge in [0, 0.05) is 12.6 Å². The van der Waals surface area contributed by atoms with E-state index >= 15 is 0 Å². The standard InChI is InChI=1S/C10H14N2O4/c1-3-7(10(14)15)5-11-9(13)8-4-6(2)16-12-8/h4,7H,3,5H2,1-2H3,(H,11,13)(H,14,15). The number of nitrogens with one attached hydrogen (secondary N) is 1. The molecule has 0 spiro atoms. The number of aromatic nitrogens is 1. The van der Waals surface area contributed by atoms with E-state index in [1.54, 1.807) is 13.8 Å². The number of hydrogen-bond acceptors (Lipinski definition) is 4. The zero-order chi connectivity index (χ0) is 12.1. The van der Waals surface area contributed by atoms with E-state index in [-0.39, 0.29) is 12.2 Å². The number of rotatable bonds is 5. The Kier molecular flexibility index (Phi) is 4.04. The van der Waals surface area contributed by atoms with Crippen LogP contribution in [0.25, 0.3) is 0 Å². The molecule has 0 aliphatic heterocycles. The van der Waals surface area contributed by atoms with E-state index in [4.69, 9.17) is 9.63 Å². The lowest BCUT2D eigenvalue weighted by atomic mass is 10.1. The second-order valence-electron chi connectivity index (χ2n) is 3.48. The van der Waals surface area contributed by atoms with Crippen molar-refractivity contribution in [3.63, 3.8) is 0 Å². The number of carbonyl (C=O) groups is 2. The minimum Gasteiger partial charge on any atom is -0.481 e. The molecule has 0 bridgehead atoms. The van der Waals surface area contributed by atoms with Gasteiger partial charge in [0.25, 0.3) is 5.91 Å². The van der Waals surface area contributed by atoms with Gasteiger partial charge in [-0.2, -0.15) is 0 Å². The van der Waals surface area contributed by atoms with E-state index in [0.717, 1.165) is 0 Å². The van der Waals surface area contributed by atoms with E-state index < -0.39 is 17.8 Å². The third-order valence-electron chi connectivity index (χ3n) is 2.21. The van der Waals surface area contributed by atoms with Crippen LogP contribution in [-0.4, -0.2) is 28.7 Å². The number of hydrogen-bond donors (Lipinski definition) is 2. The number of aryl methyl sites for hydroxylation is 1. The van der Waals surface area contributed by atoms with Gasteiger partial charge in [-0.15, -0.1) is 0 Å². The van der Waals surface area contributed by atoms with Gasteiger partial charge in [0.15, 0.2) is 5.69 Å². The lowest BCUT2D eigenvalue weighted by Gasteiger charge is -2.09. The average molecular weight is 226 g/mol. The number of nitrogens with zero attached hydrogens (tertiary/aromatic N) is 1. The Morgan fingerprint density at radius 3 is 2.75 bits per heavy atom. The first-order valence-electron chi connectivity index (χ1n) is 4.99. The molecule has 1 unspecified atom stereocenters. The number of carboxylic acid groups (broad SMARTS) is 1. The average Bonchev–Trinajstić information content (AvgIpc) is 2.65. The molecule has 6 heteroatoms. The monoisotopic (exact) mass is 226 g/mol. The van der Waals surface area contributed by atoms with Crippen molar-refractivity contribution in [1.29, 1.82) is 0 Å². The quantitative estimate of drug-likeness (QED) is 0.775. The van der Waals surface area contributed by atoms with Crippen LogP contribution < -0.4 is 5.32 Å². The molecule has 2 N–H and O–H groups in total. The number of carboxylic acids is 1. The van der Waals surface area contributed by atoms with E-state index in [0.29, 0.717) is 12.2 Å². The van der Waals surface area contributed by atoms with E-state index in [9.17, 15) is 9.59 Å². The van der Waals surface area contributed by atoms with Crippen LogP contribution in [0.3, 0.4) is 0 Å². The van der Waals surface area contributed by atoms with Gasteiger partial charge in [0.1, 0.15) is 5.76 Å². The summed E-state index contributed by atoms with van der Waals surface area (Å²) in [4.78, 5) is 22.2. The van der Waals surface area contributed by atoms with Crippen molar-refractivity contribution in [2.45, 2.75) is 20.3 Å². The molecule has 0 aromatic carbocycles. The van der Waals surface area contributed by atoms with Crippen molar-refractivity contribution in [2.24, 2.45) is 5.92 Å². The molecular weight excluding hydrogens is 212 g/mol. The lowest BCUT2D eigenvalue weighted by Crippen LogP contribution is -2.32. The second-order valence-corrected chi connectivity index (χ2v) is 3.48. The molecule has 1 aromatic heterocycles. The van der Waals surface area contributed by atoms with Crippen LogP contribution >= 0.6 is 0 Å². The number of aliphatic carboxylic acids is 1. The Hall–Kier alpha value is -1.85. The van der Waals surface area contributed by atoms with Crippen molar-refractivity contribution >= 4 is 11.9 Å². The Morgan fingerprint density at radius 2 is 2.31 bits per heavy atom.